The molecule has 0 radical (unpaired) electrons. The number of anilines is 1. The maximum atomic E-state index is 12.0. The quantitative estimate of drug-likeness (QED) is 0.871. The molecule has 0 spiro atoms. The molecule has 0 aliphatic heterocycles. The summed E-state index contributed by atoms with van der Waals surface area (Å²) in [4.78, 5) is 4.11. The van der Waals surface area contributed by atoms with Gasteiger partial charge < -0.3 is 10.1 Å². The average molecular weight is 272 g/mol. The van der Waals surface area contributed by atoms with E-state index in [9.17, 15) is 4.39 Å². The van der Waals surface area contributed by atoms with E-state index in [1.807, 2.05) is 49.5 Å². The van der Waals surface area contributed by atoms with Gasteiger partial charge in [-0.05, 0) is 29.3 Å². The second-order valence-corrected chi connectivity index (χ2v) is 4.17. The molecule has 1 aromatic heterocycles. The van der Waals surface area contributed by atoms with Gasteiger partial charge in [0.1, 0.15) is 13.3 Å². The Kier molecular flexibility index (Phi) is 5.12. The van der Waals surface area contributed by atoms with E-state index >= 15 is 0 Å². The van der Waals surface area contributed by atoms with Crippen molar-refractivity contribution in [2.75, 3.05) is 25.6 Å². The molecule has 1 heterocycles. The minimum absolute atomic E-state index is 0.0417. The molecule has 1 N–H and O–H groups in total. The van der Waals surface area contributed by atoms with Crippen LogP contribution in [0.1, 0.15) is 11.1 Å². The molecule has 4 heteroatoms. The number of ether oxygens (including phenoxy) is 1. The number of alkyl halides is 1. The van der Waals surface area contributed by atoms with E-state index < -0.39 is 6.67 Å². The first-order valence-corrected chi connectivity index (χ1v) is 6.42. The highest BCUT2D eigenvalue weighted by Gasteiger charge is 1.95. The van der Waals surface area contributed by atoms with E-state index in [1.54, 1.807) is 12.3 Å². The van der Waals surface area contributed by atoms with Gasteiger partial charge in [-0.2, -0.15) is 0 Å². The van der Waals surface area contributed by atoms with Crippen LogP contribution in [0.25, 0.3) is 12.2 Å². The molecule has 0 saturated carbocycles. The summed E-state index contributed by atoms with van der Waals surface area (Å²) in [5.74, 6) is 0.443. The SMILES string of the molecule is CNc1ccc(C=Cc2ccc(OCCF)nc2)cc1. The molecule has 20 heavy (non-hydrogen) atoms. The summed E-state index contributed by atoms with van der Waals surface area (Å²) < 4.78 is 17.0. The lowest BCUT2D eigenvalue weighted by Gasteiger charge is -2.02. The predicted octanol–water partition coefficient (Wildman–Crippen LogP) is 3.64. The van der Waals surface area contributed by atoms with Crippen LogP contribution in [-0.2, 0) is 0 Å². The highest BCUT2D eigenvalue weighted by Crippen LogP contribution is 2.13. The van der Waals surface area contributed by atoms with Crippen molar-refractivity contribution in [3.05, 3.63) is 53.7 Å². The molecule has 1 aromatic carbocycles. The zero-order valence-electron chi connectivity index (χ0n) is 11.3. The van der Waals surface area contributed by atoms with Gasteiger partial charge in [0.05, 0.1) is 0 Å². The lowest BCUT2D eigenvalue weighted by Crippen LogP contribution is -1.99. The van der Waals surface area contributed by atoms with Gasteiger partial charge in [-0.3, -0.25) is 0 Å². The van der Waals surface area contributed by atoms with Gasteiger partial charge in [0.15, 0.2) is 0 Å². The van der Waals surface area contributed by atoms with Gasteiger partial charge in [0, 0.05) is 25.0 Å². The first kappa shape index (κ1) is 14.1. The minimum atomic E-state index is -0.508. The van der Waals surface area contributed by atoms with Gasteiger partial charge in [0.2, 0.25) is 5.88 Å². The van der Waals surface area contributed by atoms with Crippen molar-refractivity contribution in [1.29, 1.82) is 0 Å². The maximum Gasteiger partial charge on any atom is 0.213 e. The molecular formula is C16H17FN2O. The summed E-state index contributed by atoms with van der Waals surface area (Å²) in [7, 11) is 1.89. The average Bonchev–Trinajstić information content (AvgIpc) is 2.52. The smallest absolute Gasteiger partial charge is 0.213 e. The molecule has 0 unspecified atom stereocenters. The van der Waals surface area contributed by atoms with Crippen molar-refractivity contribution < 1.29 is 9.13 Å². The molecule has 0 fully saturated rings. The zero-order chi connectivity index (χ0) is 14.2. The number of pyridine rings is 1. The van der Waals surface area contributed by atoms with Crippen LogP contribution in [0.15, 0.2) is 42.6 Å². The highest BCUT2D eigenvalue weighted by atomic mass is 19.1. The molecule has 0 saturated heterocycles. The maximum absolute atomic E-state index is 12.0. The van der Waals surface area contributed by atoms with E-state index in [1.165, 1.54) is 0 Å². The van der Waals surface area contributed by atoms with E-state index in [0.717, 1.165) is 16.8 Å². The van der Waals surface area contributed by atoms with Gasteiger partial charge in [-0.1, -0.05) is 24.3 Å². The summed E-state index contributed by atoms with van der Waals surface area (Å²) in [6.45, 7) is -0.466. The van der Waals surface area contributed by atoms with Crippen LogP contribution in [0.3, 0.4) is 0 Å². The second kappa shape index (κ2) is 7.28. The van der Waals surface area contributed by atoms with Gasteiger partial charge in [-0.15, -0.1) is 0 Å². The first-order valence-electron chi connectivity index (χ1n) is 6.42. The lowest BCUT2D eigenvalue weighted by molar-refractivity contribution is 0.264. The minimum Gasteiger partial charge on any atom is -0.475 e. The van der Waals surface area contributed by atoms with E-state index in [2.05, 4.69) is 10.3 Å². The van der Waals surface area contributed by atoms with E-state index in [-0.39, 0.29) is 6.61 Å². The molecule has 0 bridgehead atoms. The number of hydrogen-bond acceptors (Lipinski definition) is 3. The number of benzene rings is 1. The second-order valence-electron chi connectivity index (χ2n) is 4.17. The van der Waals surface area contributed by atoms with E-state index in [4.69, 9.17) is 4.74 Å². The Balaban J connectivity index is 1.99. The first-order chi connectivity index (χ1) is 9.81. The fourth-order valence-corrected chi connectivity index (χ4v) is 1.67. The largest absolute Gasteiger partial charge is 0.475 e. The molecule has 104 valence electrons. The standard InChI is InChI=1S/C16H17FN2O/c1-18-15-7-4-13(5-8-15)2-3-14-6-9-16(19-12-14)20-11-10-17/h2-9,12,18H,10-11H2,1H3. The van der Waals surface area contributed by atoms with E-state index in [0.29, 0.717) is 5.88 Å². The van der Waals surface area contributed by atoms with Crippen LogP contribution >= 0.6 is 0 Å². The van der Waals surface area contributed by atoms with Crippen molar-refractivity contribution >= 4 is 17.8 Å². The highest BCUT2D eigenvalue weighted by molar-refractivity contribution is 5.70. The fourth-order valence-electron chi connectivity index (χ4n) is 1.67. The normalized spacial score (nSPS) is 10.7. The Morgan fingerprint density at radius 2 is 1.80 bits per heavy atom. The molecule has 0 aliphatic carbocycles. The topological polar surface area (TPSA) is 34.1 Å². The Labute approximate surface area is 118 Å². The van der Waals surface area contributed by atoms with Crippen molar-refractivity contribution in [1.82, 2.24) is 4.98 Å². The van der Waals surface area contributed by atoms with Crippen LogP contribution < -0.4 is 10.1 Å². The number of hydrogen-bond donors (Lipinski definition) is 1. The molecular weight excluding hydrogens is 255 g/mol. The molecule has 0 aliphatic rings. The molecule has 0 atom stereocenters. The Morgan fingerprint density at radius 1 is 1.10 bits per heavy atom. The third-order valence-corrected chi connectivity index (χ3v) is 2.75. The number of nitrogens with one attached hydrogen (secondary N) is 1. The van der Waals surface area contributed by atoms with Crippen molar-refractivity contribution in [3.8, 4) is 5.88 Å². The number of aromatic nitrogens is 1. The third-order valence-electron chi connectivity index (χ3n) is 2.75. The van der Waals surface area contributed by atoms with Crippen molar-refractivity contribution in [3.63, 3.8) is 0 Å². The van der Waals surface area contributed by atoms with Crippen LogP contribution in [0.5, 0.6) is 5.88 Å². The number of rotatable bonds is 6. The number of halogens is 1. The summed E-state index contributed by atoms with van der Waals surface area (Å²) in [6.07, 6.45) is 5.69. The summed E-state index contributed by atoms with van der Waals surface area (Å²) in [6, 6.07) is 11.7. The van der Waals surface area contributed by atoms with Crippen molar-refractivity contribution in [2.45, 2.75) is 0 Å². The van der Waals surface area contributed by atoms with Gasteiger partial charge >= 0.3 is 0 Å². The molecule has 2 rings (SSSR count). The predicted molar refractivity (Wildman–Crippen MR) is 80.6 cm³/mol. The van der Waals surface area contributed by atoms with Crippen molar-refractivity contribution in [2.24, 2.45) is 0 Å². The van der Waals surface area contributed by atoms with Gasteiger partial charge in [0.25, 0.3) is 0 Å². The molecule has 2 aromatic rings. The summed E-state index contributed by atoms with van der Waals surface area (Å²) in [5.41, 5.74) is 3.16. The summed E-state index contributed by atoms with van der Waals surface area (Å²) >= 11 is 0. The van der Waals surface area contributed by atoms with Crippen LogP contribution in [0.2, 0.25) is 0 Å². The van der Waals surface area contributed by atoms with Gasteiger partial charge in [-0.25, -0.2) is 9.37 Å². The monoisotopic (exact) mass is 272 g/mol. The Hall–Kier alpha value is -2.36. The number of nitrogens with zero attached hydrogens (tertiary/aromatic N) is 1. The van der Waals surface area contributed by atoms with Crippen LogP contribution in [0, 0.1) is 0 Å². The van der Waals surface area contributed by atoms with Crippen LogP contribution in [0.4, 0.5) is 10.1 Å². The summed E-state index contributed by atoms with van der Waals surface area (Å²) in [5, 5.41) is 3.08. The lowest BCUT2D eigenvalue weighted by atomic mass is 10.1. The third kappa shape index (κ3) is 4.09. The van der Waals surface area contributed by atoms with Crippen LogP contribution in [-0.4, -0.2) is 25.3 Å². The molecule has 0 amide bonds. The molecule has 3 nitrogen and oxygen atoms in total. The Morgan fingerprint density at radius 3 is 2.40 bits per heavy atom. The zero-order valence-corrected chi connectivity index (χ0v) is 11.3. The Bertz CT molecular complexity index is 550. The fraction of sp³-hybridized carbons (Fsp3) is 0.188.